The van der Waals surface area contributed by atoms with Gasteiger partial charge in [-0.25, -0.2) is 4.98 Å². The molecule has 1 aromatic heterocycles. The Hall–Kier alpha value is -3.68. The lowest BCUT2D eigenvalue weighted by atomic mass is 10.2. The molecular formula is C22H24N4O4. The standard InChI is InChI=1S/C22H24N4O4/c1-3-30-19-11-7-5-9-16(19)25-21(28)14-26-18-10-6-4-8-15(18)24-17(22(26)29)12-13-20(27)23-2/h4-11H,3,12-14H2,1-2H3,(H,23,27)(H,25,28). The summed E-state index contributed by atoms with van der Waals surface area (Å²) in [7, 11) is 1.54. The molecule has 0 bridgehead atoms. The molecule has 1 heterocycles. The normalized spacial score (nSPS) is 10.6. The van der Waals surface area contributed by atoms with Gasteiger partial charge in [0.15, 0.2) is 0 Å². The maximum absolute atomic E-state index is 13.0. The predicted octanol–water partition coefficient (Wildman–Crippen LogP) is 2.11. The molecule has 2 N–H and O–H groups in total. The third kappa shape index (κ3) is 4.83. The summed E-state index contributed by atoms with van der Waals surface area (Å²) in [4.78, 5) is 41.7. The molecule has 0 radical (unpaired) electrons. The predicted molar refractivity (Wildman–Crippen MR) is 115 cm³/mol. The number of hydrogen-bond donors (Lipinski definition) is 2. The molecular weight excluding hydrogens is 384 g/mol. The van der Waals surface area contributed by atoms with E-state index in [1.54, 1.807) is 43.4 Å². The van der Waals surface area contributed by atoms with Crippen LogP contribution in [0.2, 0.25) is 0 Å². The topological polar surface area (TPSA) is 102 Å². The van der Waals surface area contributed by atoms with Gasteiger partial charge in [0, 0.05) is 19.9 Å². The van der Waals surface area contributed by atoms with Gasteiger partial charge in [0.2, 0.25) is 11.8 Å². The number of carbonyl (C=O) groups is 2. The number of nitrogens with zero attached hydrogens (tertiary/aromatic N) is 2. The molecule has 8 nitrogen and oxygen atoms in total. The lowest BCUT2D eigenvalue weighted by molar-refractivity contribution is -0.120. The van der Waals surface area contributed by atoms with Crippen molar-refractivity contribution in [2.75, 3.05) is 19.0 Å². The van der Waals surface area contributed by atoms with Crippen LogP contribution in [0.3, 0.4) is 0 Å². The van der Waals surface area contributed by atoms with Crippen LogP contribution in [0.15, 0.2) is 53.3 Å². The minimum atomic E-state index is -0.383. The molecule has 30 heavy (non-hydrogen) atoms. The van der Waals surface area contributed by atoms with Crippen LogP contribution in [0.4, 0.5) is 5.69 Å². The maximum Gasteiger partial charge on any atom is 0.273 e. The van der Waals surface area contributed by atoms with Crippen LogP contribution in [-0.2, 0) is 22.6 Å². The molecule has 0 spiro atoms. The third-order valence-electron chi connectivity index (χ3n) is 4.55. The van der Waals surface area contributed by atoms with E-state index in [1.165, 1.54) is 4.57 Å². The minimum Gasteiger partial charge on any atom is -0.492 e. The van der Waals surface area contributed by atoms with Gasteiger partial charge in [-0.3, -0.25) is 19.0 Å². The Morgan fingerprint density at radius 2 is 1.80 bits per heavy atom. The zero-order chi connectivity index (χ0) is 21.5. The SMILES string of the molecule is CCOc1ccccc1NC(=O)Cn1c(=O)c(CCC(=O)NC)nc2ccccc21. The van der Waals surface area contributed by atoms with Crippen LogP contribution < -0.4 is 20.9 Å². The first kappa shape index (κ1) is 21.0. The molecule has 0 unspecified atom stereocenters. The first-order valence-corrected chi connectivity index (χ1v) is 9.74. The van der Waals surface area contributed by atoms with Crippen LogP contribution in [-0.4, -0.2) is 35.0 Å². The fraction of sp³-hybridized carbons (Fsp3) is 0.273. The summed E-state index contributed by atoms with van der Waals surface area (Å²) in [6.45, 7) is 2.15. The molecule has 0 aliphatic rings. The second kappa shape index (κ2) is 9.69. The van der Waals surface area contributed by atoms with E-state index in [1.807, 2.05) is 19.1 Å². The summed E-state index contributed by atoms with van der Waals surface area (Å²) in [5.41, 5.74) is 1.55. The number of hydrogen-bond acceptors (Lipinski definition) is 5. The highest BCUT2D eigenvalue weighted by Crippen LogP contribution is 2.23. The van der Waals surface area contributed by atoms with Crippen molar-refractivity contribution < 1.29 is 14.3 Å². The zero-order valence-electron chi connectivity index (χ0n) is 17.0. The van der Waals surface area contributed by atoms with Gasteiger partial charge in [0.05, 0.1) is 23.3 Å². The molecule has 0 saturated heterocycles. The molecule has 3 aromatic rings. The van der Waals surface area contributed by atoms with Crippen LogP contribution >= 0.6 is 0 Å². The summed E-state index contributed by atoms with van der Waals surface area (Å²) in [5.74, 6) is 0.0191. The molecule has 2 amide bonds. The minimum absolute atomic E-state index is 0.144. The van der Waals surface area contributed by atoms with Crippen molar-refractivity contribution in [2.24, 2.45) is 0 Å². The zero-order valence-corrected chi connectivity index (χ0v) is 17.0. The van der Waals surface area contributed by atoms with E-state index in [0.29, 0.717) is 29.1 Å². The number of aryl methyl sites for hydroxylation is 1. The molecule has 0 atom stereocenters. The number of anilines is 1. The van der Waals surface area contributed by atoms with E-state index in [9.17, 15) is 14.4 Å². The third-order valence-corrected chi connectivity index (χ3v) is 4.55. The highest BCUT2D eigenvalue weighted by molar-refractivity contribution is 5.93. The summed E-state index contributed by atoms with van der Waals surface area (Å²) in [6.07, 6.45) is 0.336. The van der Waals surface area contributed by atoms with Crippen molar-refractivity contribution in [3.05, 3.63) is 64.6 Å². The fourth-order valence-electron chi connectivity index (χ4n) is 3.11. The van der Waals surface area contributed by atoms with Gasteiger partial charge in [0.25, 0.3) is 5.56 Å². The van der Waals surface area contributed by atoms with Crippen molar-refractivity contribution in [2.45, 2.75) is 26.3 Å². The molecule has 8 heteroatoms. The number of ether oxygens (including phenoxy) is 1. The second-order valence-corrected chi connectivity index (χ2v) is 6.59. The number of rotatable bonds is 8. The highest BCUT2D eigenvalue weighted by atomic mass is 16.5. The summed E-state index contributed by atoms with van der Waals surface area (Å²) < 4.78 is 6.92. The fourth-order valence-corrected chi connectivity index (χ4v) is 3.11. The van der Waals surface area contributed by atoms with Crippen molar-refractivity contribution >= 4 is 28.5 Å². The number of para-hydroxylation sites is 4. The lowest BCUT2D eigenvalue weighted by Crippen LogP contribution is -2.31. The number of fused-ring (bicyclic) bond motifs is 1. The van der Waals surface area contributed by atoms with Gasteiger partial charge >= 0.3 is 0 Å². The van der Waals surface area contributed by atoms with E-state index in [0.717, 1.165) is 0 Å². The van der Waals surface area contributed by atoms with Crippen LogP contribution in [0.1, 0.15) is 19.0 Å². The molecule has 156 valence electrons. The lowest BCUT2D eigenvalue weighted by Gasteiger charge is -2.14. The number of nitrogens with one attached hydrogen (secondary N) is 2. The molecule has 0 aliphatic heterocycles. The average Bonchev–Trinajstić information content (AvgIpc) is 2.75. The van der Waals surface area contributed by atoms with Crippen molar-refractivity contribution in [1.82, 2.24) is 14.9 Å². The summed E-state index contributed by atoms with van der Waals surface area (Å²) >= 11 is 0. The number of amides is 2. The molecule has 3 rings (SSSR count). The average molecular weight is 408 g/mol. The van der Waals surface area contributed by atoms with Gasteiger partial charge in [-0.15, -0.1) is 0 Å². The Bertz CT molecular complexity index is 1120. The maximum atomic E-state index is 13.0. The first-order chi connectivity index (χ1) is 14.5. The largest absolute Gasteiger partial charge is 0.492 e. The van der Waals surface area contributed by atoms with E-state index < -0.39 is 0 Å². The molecule has 0 aliphatic carbocycles. The van der Waals surface area contributed by atoms with Gasteiger partial charge in [-0.1, -0.05) is 24.3 Å². The van der Waals surface area contributed by atoms with Crippen molar-refractivity contribution in [3.63, 3.8) is 0 Å². The Kier molecular flexibility index (Phi) is 6.79. The number of aromatic nitrogens is 2. The van der Waals surface area contributed by atoms with Crippen LogP contribution in [0.25, 0.3) is 11.0 Å². The van der Waals surface area contributed by atoms with E-state index >= 15 is 0 Å². The molecule has 2 aromatic carbocycles. The number of benzene rings is 2. The summed E-state index contributed by atoms with van der Waals surface area (Å²) in [5, 5.41) is 5.34. The first-order valence-electron chi connectivity index (χ1n) is 9.74. The Labute approximate surface area is 173 Å². The van der Waals surface area contributed by atoms with E-state index in [2.05, 4.69) is 15.6 Å². The highest BCUT2D eigenvalue weighted by Gasteiger charge is 2.15. The van der Waals surface area contributed by atoms with Crippen LogP contribution in [0, 0.1) is 0 Å². The molecule has 0 fully saturated rings. The summed E-state index contributed by atoms with van der Waals surface area (Å²) in [6, 6.07) is 14.2. The van der Waals surface area contributed by atoms with Gasteiger partial charge in [0.1, 0.15) is 18.0 Å². The Morgan fingerprint density at radius 3 is 2.57 bits per heavy atom. The number of carbonyl (C=O) groups excluding carboxylic acids is 2. The van der Waals surface area contributed by atoms with Gasteiger partial charge < -0.3 is 15.4 Å². The van der Waals surface area contributed by atoms with E-state index in [-0.39, 0.29) is 42.5 Å². The van der Waals surface area contributed by atoms with Gasteiger partial charge in [-0.2, -0.15) is 0 Å². The second-order valence-electron chi connectivity index (χ2n) is 6.59. The van der Waals surface area contributed by atoms with E-state index in [4.69, 9.17) is 4.74 Å². The Morgan fingerprint density at radius 1 is 1.07 bits per heavy atom. The monoisotopic (exact) mass is 408 g/mol. The van der Waals surface area contributed by atoms with Crippen molar-refractivity contribution in [1.29, 1.82) is 0 Å². The molecule has 0 saturated carbocycles. The van der Waals surface area contributed by atoms with Crippen molar-refractivity contribution in [3.8, 4) is 5.75 Å². The smallest absolute Gasteiger partial charge is 0.273 e. The van der Waals surface area contributed by atoms with Gasteiger partial charge in [-0.05, 0) is 31.2 Å². The Balaban J connectivity index is 1.91. The quantitative estimate of drug-likeness (QED) is 0.594. The van der Waals surface area contributed by atoms with Crippen LogP contribution in [0.5, 0.6) is 5.75 Å².